The summed E-state index contributed by atoms with van der Waals surface area (Å²) in [4.78, 5) is 30.2. The molecule has 0 atom stereocenters. The highest BCUT2D eigenvalue weighted by Gasteiger charge is 2.23. The van der Waals surface area contributed by atoms with Gasteiger partial charge in [0.05, 0.1) is 5.69 Å². The monoisotopic (exact) mass is 365 g/mol. The van der Waals surface area contributed by atoms with Crippen molar-refractivity contribution < 1.29 is 0 Å². The van der Waals surface area contributed by atoms with E-state index in [2.05, 4.69) is 36.6 Å². The van der Waals surface area contributed by atoms with E-state index in [0.717, 1.165) is 28.2 Å². The molecule has 0 saturated carbocycles. The number of hydrogen-bond acceptors (Lipinski definition) is 3. The van der Waals surface area contributed by atoms with Gasteiger partial charge >= 0.3 is 5.69 Å². The van der Waals surface area contributed by atoms with Crippen LogP contribution in [0.4, 0.5) is 0 Å². The van der Waals surface area contributed by atoms with Crippen LogP contribution in [0.5, 0.6) is 0 Å². The fourth-order valence-corrected chi connectivity index (χ4v) is 3.78. The molecule has 0 amide bonds. The molecule has 7 nitrogen and oxygen atoms in total. The predicted molar refractivity (Wildman–Crippen MR) is 106 cm³/mol. The molecule has 3 heterocycles. The van der Waals surface area contributed by atoms with Crippen LogP contribution in [0.2, 0.25) is 0 Å². The Balaban J connectivity index is 2.27. The quantitative estimate of drug-likeness (QED) is 0.548. The molecule has 0 fully saturated rings. The van der Waals surface area contributed by atoms with Gasteiger partial charge in [-0.15, -0.1) is 0 Å². The van der Waals surface area contributed by atoms with Crippen LogP contribution in [0.3, 0.4) is 0 Å². The van der Waals surface area contributed by atoms with Crippen LogP contribution in [-0.4, -0.2) is 23.1 Å². The Hall–Kier alpha value is -3.09. The normalized spacial score (nSPS) is 11.8. The fourth-order valence-electron chi connectivity index (χ4n) is 3.78. The van der Waals surface area contributed by atoms with Crippen molar-refractivity contribution in [1.29, 1.82) is 0 Å². The standard InChI is InChI=1S/C20H23N5O2/c1-7-23-18(26)16-17(22(6)20(23)27)21-19-24(13(4)14(5)25(16)19)15-10-11(2)8-9-12(15)3/h8-10H,7H2,1-6H3. The predicted octanol–water partition coefficient (Wildman–Crippen LogP) is 2.39. The molecule has 0 aliphatic rings. The first-order valence-corrected chi connectivity index (χ1v) is 9.05. The number of rotatable bonds is 2. The van der Waals surface area contributed by atoms with Crippen LogP contribution in [0, 0.1) is 27.7 Å². The van der Waals surface area contributed by atoms with Crippen molar-refractivity contribution in [2.24, 2.45) is 7.05 Å². The average molecular weight is 365 g/mol. The lowest BCUT2D eigenvalue weighted by molar-refractivity contribution is 0.636. The van der Waals surface area contributed by atoms with Gasteiger partial charge in [-0.05, 0) is 51.8 Å². The molecule has 27 heavy (non-hydrogen) atoms. The maximum atomic E-state index is 13.0. The molecule has 0 saturated heterocycles. The third kappa shape index (κ3) is 2.17. The van der Waals surface area contributed by atoms with E-state index in [-0.39, 0.29) is 11.2 Å². The highest BCUT2D eigenvalue weighted by atomic mass is 16.2. The fraction of sp³-hybridized carbons (Fsp3) is 0.350. The molecule has 0 aliphatic heterocycles. The third-order valence-corrected chi connectivity index (χ3v) is 5.44. The van der Waals surface area contributed by atoms with Crippen molar-refractivity contribution in [3.05, 3.63) is 61.6 Å². The van der Waals surface area contributed by atoms with E-state index in [1.807, 2.05) is 18.2 Å². The first-order chi connectivity index (χ1) is 12.8. The van der Waals surface area contributed by atoms with Crippen molar-refractivity contribution in [3.63, 3.8) is 0 Å². The number of aromatic nitrogens is 5. The first-order valence-electron chi connectivity index (χ1n) is 9.05. The second-order valence-corrected chi connectivity index (χ2v) is 7.11. The lowest BCUT2D eigenvalue weighted by atomic mass is 10.1. The Bertz CT molecular complexity index is 1350. The van der Waals surface area contributed by atoms with E-state index < -0.39 is 0 Å². The van der Waals surface area contributed by atoms with Crippen molar-refractivity contribution in [2.75, 3.05) is 0 Å². The minimum Gasteiger partial charge on any atom is -0.282 e. The van der Waals surface area contributed by atoms with E-state index >= 15 is 0 Å². The van der Waals surface area contributed by atoms with Crippen LogP contribution < -0.4 is 11.2 Å². The minimum atomic E-state index is -0.344. The van der Waals surface area contributed by atoms with E-state index in [1.165, 1.54) is 9.13 Å². The highest BCUT2D eigenvalue weighted by molar-refractivity contribution is 5.77. The lowest BCUT2D eigenvalue weighted by Gasteiger charge is -2.11. The Kier molecular flexibility index (Phi) is 3.66. The number of fused-ring (bicyclic) bond motifs is 3. The van der Waals surface area contributed by atoms with E-state index in [1.54, 1.807) is 14.0 Å². The van der Waals surface area contributed by atoms with Crippen LogP contribution in [0.25, 0.3) is 22.6 Å². The number of aryl methyl sites for hydroxylation is 4. The Morgan fingerprint density at radius 2 is 1.74 bits per heavy atom. The summed E-state index contributed by atoms with van der Waals surface area (Å²) in [5, 5.41) is 0. The summed E-state index contributed by atoms with van der Waals surface area (Å²) in [5.41, 5.74) is 5.46. The zero-order valence-corrected chi connectivity index (χ0v) is 16.5. The number of imidazole rings is 2. The molecule has 0 radical (unpaired) electrons. The largest absolute Gasteiger partial charge is 0.332 e. The summed E-state index contributed by atoms with van der Waals surface area (Å²) in [6.45, 7) is 10.2. The van der Waals surface area contributed by atoms with Crippen LogP contribution in [0.1, 0.15) is 29.4 Å². The molecule has 0 bridgehead atoms. The zero-order valence-electron chi connectivity index (χ0n) is 16.5. The summed E-state index contributed by atoms with van der Waals surface area (Å²) in [6.07, 6.45) is 0. The van der Waals surface area contributed by atoms with Crippen LogP contribution >= 0.6 is 0 Å². The minimum absolute atomic E-state index is 0.302. The molecular weight excluding hydrogens is 342 g/mol. The van der Waals surface area contributed by atoms with Crippen molar-refractivity contribution in [1.82, 2.24) is 23.1 Å². The van der Waals surface area contributed by atoms with Gasteiger partial charge in [0.25, 0.3) is 5.56 Å². The molecule has 140 valence electrons. The molecule has 0 unspecified atom stereocenters. The van der Waals surface area contributed by atoms with Crippen molar-refractivity contribution >= 4 is 16.9 Å². The lowest BCUT2D eigenvalue weighted by Crippen LogP contribution is -2.38. The molecular formula is C20H23N5O2. The van der Waals surface area contributed by atoms with Crippen molar-refractivity contribution in [3.8, 4) is 5.69 Å². The Morgan fingerprint density at radius 1 is 1.04 bits per heavy atom. The maximum absolute atomic E-state index is 13.0. The molecule has 7 heteroatoms. The molecule has 4 rings (SSSR count). The van der Waals surface area contributed by atoms with Gasteiger partial charge in [0, 0.05) is 25.0 Å². The van der Waals surface area contributed by atoms with Gasteiger partial charge in [-0.25, -0.2) is 4.79 Å². The summed E-state index contributed by atoms with van der Waals surface area (Å²) in [7, 11) is 1.66. The summed E-state index contributed by atoms with van der Waals surface area (Å²) < 4.78 is 6.65. The smallest absolute Gasteiger partial charge is 0.282 e. The van der Waals surface area contributed by atoms with Gasteiger partial charge in [0.15, 0.2) is 11.2 Å². The maximum Gasteiger partial charge on any atom is 0.332 e. The third-order valence-electron chi connectivity index (χ3n) is 5.44. The molecule has 4 aromatic rings. The molecule has 0 spiro atoms. The second-order valence-electron chi connectivity index (χ2n) is 7.11. The number of hydrogen-bond donors (Lipinski definition) is 0. The highest BCUT2D eigenvalue weighted by Crippen LogP contribution is 2.26. The average Bonchev–Trinajstić information content (AvgIpc) is 3.12. The van der Waals surface area contributed by atoms with Gasteiger partial charge in [0.1, 0.15) is 0 Å². The van der Waals surface area contributed by atoms with E-state index in [9.17, 15) is 9.59 Å². The summed E-state index contributed by atoms with van der Waals surface area (Å²) in [6, 6.07) is 6.27. The Morgan fingerprint density at radius 3 is 2.41 bits per heavy atom. The van der Waals surface area contributed by atoms with Gasteiger partial charge in [-0.3, -0.25) is 22.9 Å². The molecule has 1 aromatic carbocycles. The second kappa shape index (κ2) is 5.70. The van der Waals surface area contributed by atoms with Crippen LogP contribution in [-0.2, 0) is 13.6 Å². The first kappa shape index (κ1) is 17.3. The van der Waals surface area contributed by atoms with Gasteiger partial charge in [-0.1, -0.05) is 12.1 Å². The van der Waals surface area contributed by atoms with Gasteiger partial charge in [-0.2, -0.15) is 4.98 Å². The number of nitrogens with zero attached hydrogens (tertiary/aromatic N) is 5. The topological polar surface area (TPSA) is 66.2 Å². The van der Waals surface area contributed by atoms with E-state index in [4.69, 9.17) is 4.98 Å². The van der Waals surface area contributed by atoms with Gasteiger partial charge < -0.3 is 0 Å². The summed E-state index contributed by atoms with van der Waals surface area (Å²) in [5.74, 6) is 0.648. The summed E-state index contributed by atoms with van der Waals surface area (Å²) >= 11 is 0. The molecule has 0 N–H and O–H groups in total. The van der Waals surface area contributed by atoms with E-state index in [0.29, 0.717) is 23.5 Å². The molecule has 0 aliphatic carbocycles. The number of benzene rings is 1. The van der Waals surface area contributed by atoms with Crippen molar-refractivity contribution in [2.45, 2.75) is 41.2 Å². The van der Waals surface area contributed by atoms with Crippen LogP contribution in [0.15, 0.2) is 27.8 Å². The SMILES string of the molecule is CCn1c(=O)c2c(nc3n(-c4cc(C)ccc4C)c(C)c(C)n23)n(C)c1=O. The molecule has 3 aromatic heterocycles. The Labute approximate surface area is 156 Å². The van der Waals surface area contributed by atoms with Gasteiger partial charge in [0.2, 0.25) is 5.78 Å². The zero-order chi connectivity index (χ0) is 19.6.